The highest BCUT2D eigenvalue weighted by atomic mass is 32.2. The lowest BCUT2D eigenvalue weighted by Gasteiger charge is -2.24. The van der Waals surface area contributed by atoms with Gasteiger partial charge >= 0.3 is 5.69 Å². The first-order valence-electron chi connectivity index (χ1n) is 7.46. The summed E-state index contributed by atoms with van der Waals surface area (Å²) in [5.41, 5.74) is 0.456. The van der Waals surface area contributed by atoms with Gasteiger partial charge in [-0.15, -0.1) is 0 Å². The second-order valence-corrected chi connectivity index (χ2v) is 6.83. The predicted molar refractivity (Wildman–Crippen MR) is 86.6 cm³/mol. The first kappa shape index (κ1) is 15.1. The van der Waals surface area contributed by atoms with Crippen molar-refractivity contribution in [3.63, 3.8) is 0 Å². The maximum absolute atomic E-state index is 12.8. The van der Waals surface area contributed by atoms with E-state index in [-0.39, 0.29) is 11.2 Å². The minimum Gasteiger partial charge on any atom is -0.610 e. The fraction of sp³-hybridized carbons (Fsp3) is 0.375. The van der Waals surface area contributed by atoms with Crippen LogP contribution in [0.4, 0.5) is 0 Å². The van der Waals surface area contributed by atoms with Gasteiger partial charge in [-0.2, -0.15) is 0 Å². The Morgan fingerprint density at radius 3 is 2.64 bits per heavy atom. The van der Waals surface area contributed by atoms with Crippen LogP contribution in [0.15, 0.2) is 44.9 Å². The molecule has 0 amide bonds. The molecule has 116 valence electrons. The first-order valence-corrected chi connectivity index (χ1v) is 8.78. The summed E-state index contributed by atoms with van der Waals surface area (Å²) in [7, 11) is 0. The third-order valence-electron chi connectivity index (χ3n) is 3.82. The maximum Gasteiger partial charge on any atom is 0.334 e. The standard InChI is InChI=1S/C16H18N2O3S/c1-2-9-17-14(19)13(12-7-4-3-5-8-12)15-18(16(17)20)10-6-11-22(15)21/h3-5,7-8H,2,6,9-11H2,1H3. The molecule has 0 N–H and O–H groups in total. The lowest BCUT2D eigenvalue weighted by molar-refractivity contribution is 0.478. The van der Waals surface area contributed by atoms with Gasteiger partial charge < -0.3 is 4.55 Å². The molecule has 0 aliphatic carbocycles. The topological polar surface area (TPSA) is 67.1 Å². The molecule has 0 spiro atoms. The summed E-state index contributed by atoms with van der Waals surface area (Å²) in [6, 6.07) is 9.20. The minimum absolute atomic E-state index is 0.334. The Kier molecular flexibility index (Phi) is 4.22. The fourth-order valence-electron chi connectivity index (χ4n) is 2.84. The number of aromatic nitrogens is 2. The van der Waals surface area contributed by atoms with Crippen LogP contribution < -0.4 is 11.2 Å². The van der Waals surface area contributed by atoms with Crippen LogP contribution in [0.2, 0.25) is 0 Å². The summed E-state index contributed by atoms with van der Waals surface area (Å²) in [6.07, 6.45) is 1.39. The Balaban J connectivity index is 2.39. The molecule has 0 bridgehead atoms. The number of rotatable bonds is 3. The molecule has 5 nitrogen and oxygen atoms in total. The van der Waals surface area contributed by atoms with E-state index in [2.05, 4.69) is 0 Å². The second kappa shape index (κ2) is 6.14. The Bertz CT molecular complexity index is 796. The van der Waals surface area contributed by atoms with E-state index in [9.17, 15) is 14.1 Å². The van der Waals surface area contributed by atoms with Crippen molar-refractivity contribution in [1.82, 2.24) is 9.13 Å². The van der Waals surface area contributed by atoms with E-state index in [4.69, 9.17) is 0 Å². The van der Waals surface area contributed by atoms with Crippen molar-refractivity contribution in [3.05, 3.63) is 51.2 Å². The van der Waals surface area contributed by atoms with Gasteiger partial charge in [0.05, 0.1) is 0 Å². The monoisotopic (exact) mass is 318 g/mol. The molecule has 0 saturated heterocycles. The zero-order valence-corrected chi connectivity index (χ0v) is 13.3. The number of hydrogen-bond acceptors (Lipinski definition) is 3. The number of fused-ring (bicyclic) bond motifs is 1. The van der Waals surface area contributed by atoms with Crippen LogP contribution in [0.3, 0.4) is 0 Å². The number of nitrogens with zero attached hydrogens (tertiary/aromatic N) is 2. The van der Waals surface area contributed by atoms with Crippen LogP contribution in [0.5, 0.6) is 0 Å². The van der Waals surface area contributed by atoms with Gasteiger partial charge in [-0.1, -0.05) is 37.3 Å². The van der Waals surface area contributed by atoms with Gasteiger partial charge in [-0.25, -0.2) is 4.79 Å². The van der Waals surface area contributed by atoms with Gasteiger partial charge in [0.25, 0.3) is 5.56 Å². The molecule has 2 aromatic rings. The van der Waals surface area contributed by atoms with Crippen molar-refractivity contribution < 1.29 is 4.55 Å². The Morgan fingerprint density at radius 2 is 1.95 bits per heavy atom. The summed E-state index contributed by atoms with van der Waals surface area (Å²) in [4.78, 5) is 25.4. The summed E-state index contributed by atoms with van der Waals surface area (Å²) in [5, 5.41) is 0.389. The molecule has 1 atom stereocenters. The molecule has 1 aromatic carbocycles. The molecule has 0 saturated carbocycles. The van der Waals surface area contributed by atoms with E-state index in [1.165, 1.54) is 9.13 Å². The zero-order chi connectivity index (χ0) is 15.7. The highest BCUT2D eigenvalue weighted by molar-refractivity contribution is 7.91. The normalized spacial score (nSPS) is 17.3. The second-order valence-electron chi connectivity index (χ2n) is 5.34. The van der Waals surface area contributed by atoms with Gasteiger partial charge in [-0.05, 0) is 12.0 Å². The Labute approximate surface area is 131 Å². The molecule has 6 heteroatoms. The van der Waals surface area contributed by atoms with Crippen molar-refractivity contribution in [2.24, 2.45) is 0 Å². The average molecular weight is 318 g/mol. The third-order valence-corrected chi connectivity index (χ3v) is 5.33. The van der Waals surface area contributed by atoms with Crippen LogP contribution in [-0.4, -0.2) is 19.4 Å². The molecule has 0 fully saturated rings. The van der Waals surface area contributed by atoms with Gasteiger partial charge in [0, 0.05) is 30.7 Å². The van der Waals surface area contributed by atoms with Crippen LogP contribution in [0, 0.1) is 0 Å². The maximum atomic E-state index is 12.8. The lowest BCUT2D eigenvalue weighted by Crippen LogP contribution is -2.45. The molecule has 1 aliphatic rings. The van der Waals surface area contributed by atoms with E-state index < -0.39 is 11.2 Å². The molecule has 0 radical (unpaired) electrons. The molecular weight excluding hydrogens is 300 g/mol. The highest BCUT2D eigenvalue weighted by Gasteiger charge is 2.31. The molecule has 1 aromatic heterocycles. The average Bonchev–Trinajstić information content (AvgIpc) is 2.53. The number of hydrogen-bond donors (Lipinski definition) is 0. The summed E-state index contributed by atoms with van der Waals surface area (Å²) < 4.78 is 15.3. The quantitative estimate of drug-likeness (QED) is 0.638. The van der Waals surface area contributed by atoms with E-state index >= 15 is 0 Å². The summed E-state index contributed by atoms with van der Waals surface area (Å²) in [5.74, 6) is 0.497. The van der Waals surface area contributed by atoms with Gasteiger partial charge in [-0.3, -0.25) is 13.9 Å². The van der Waals surface area contributed by atoms with Crippen LogP contribution in [0.25, 0.3) is 11.1 Å². The third kappa shape index (κ3) is 2.42. The zero-order valence-electron chi connectivity index (χ0n) is 12.4. The highest BCUT2D eigenvalue weighted by Crippen LogP contribution is 2.27. The molecular formula is C16H18N2O3S. The summed E-state index contributed by atoms with van der Waals surface area (Å²) in [6.45, 7) is 2.82. The van der Waals surface area contributed by atoms with E-state index in [0.29, 0.717) is 42.3 Å². The molecule has 2 heterocycles. The van der Waals surface area contributed by atoms with Crippen molar-refractivity contribution >= 4 is 11.2 Å². The first-order chi connectivity index (χ1) is 10.6. The molecule has 1 aliphatic heterocycles. The molecule has 1 unspecified atom stereocenters. The van der Waals surface area contributed by atoms with E-state index in [0.717, 1.165) is 5.56 Å². The SMILES string of the molecule is CCCn1c(=O)c(-c2ccccc2)c2n(c1=O)CCC[S+]2[O-]. The Morgan fingerprint density at radius 1 is 1.23 bits per heavy atom. The van der Waals surface area contributed by atoms with Gasteiger partial charge in [0.2, 0.25) is 5.03 Å². The molecule has 22 heavy (non-hydrogen) atoms. The lowest BCUT2D eigenvalue weighted by atomic mass is 10.1. The van der Waals surface area contributed by atoms with Gasteiger partial charge in [0.1, 0.15) is 11.3 Å². The van der Waals surface area contributed by atoms with Crippen molar-refractivity contribution in [3.8, 4) is 11.1 Å². The smallest absolute Gasteiger partial charge is 0.334 e. The molecule has 3 rings (SSSR count). The van der Waals surface area contributed by atoms with Crippen LogP contribution >= 0.6 is 0 Å². The van der Waals surface area contributed by atoms with Crippen LogP contribution in [-0.2, 0) is 24.3 Å². The van der Waals surface area contributed by atoms with Crippen molar-refractivity contribution in [1.29, 1.82) is 0 Å². The predicted octanol–water partition coefficient (Wildman–Crippen LogP) is 1.60. The summed E-state index contributed by atoms with van der Waals surface area (Å²) >= 11 is -1.31. The van der Waals surface area contributed by atoms with E-state index in [1.54, 1.807) is 0 Å². The minimum atomic E-state index is -1.31. The number of benzene rings is 1. The van der Waals surface area contributed by atoms with Crippen LogP contribution in [0.1, 0.15) is 19.8 Å². The van der Waals surface area contributed by atoms with E-state index in [1.807, 2.05) is 37.3 Å². The van der Waals surface area contributed by atoms with Crippen molar-refractivity contribution in [2.75, 3.05) is 5.75 Å². The largest absolute Gasteiger partial charge is 0.610 e. The van der Waals surface area contributed by atoms with Crippen molar-refractivity contribution in [2.45, 2.75) is 37.9 Å². The fourth-order valence-corrected chi connectivity index (χ4v) is 4.27. The Hall–Kier alpha value is -1.79. The van der Waals surface area contributed by atoms with Gasteiger partial charge in [0.15, 0.2) is 0 Å².